The second-order valence-electron chi connectivity index (χ2n) is 7.74. The van der Waals surface area contributed by atoms with Crippen LogP contribution in [0.25, 0.3) is 5.82 Å². The summed E-state index contributed by atoms with van der Waals surface area (Å²) in [6.07, 6.45) is 2.07. The quantitative estimate of drug-likeness (QED) is 0.475. The number of hydrogen-bond donors (Lipinski definition) is 1. The van der Waals surface area contributed by atoms with E-state index in [0.29, 0.717) is 35.4 Å². The maximum atomic E-state index is 12.3. The van der Waals surface area contributed by atoms with Crippen molar-refractivity contribution < 1.29 is 9.53 Å². The number of aryl methyl sites for hydroxylation is 3. The van der Waals surface area contributed by atoms with Crippen LogP contribution in [0.1, 0.15) is 28.3 Å². The van der Waals surface area contributed by atoms with Gasteiger partial charge < -0.3 is 10.1 Å². The predicted molar refractivity (Wildman–Crippen MR) is 123 cm³/mol. The highest BCUT2D eigenvalue weighted by atomic mass is 16.5. The molecule has 7 heteroatoms. The third-order valence-electron chi connectivity index (χ3n) is 5.11. The van der Waals surface area contributed by atoms with Crippen LogP contribution in [0.5, 0.6) is 11.6 Å². The van der Waals surface area contributed by atoms with Crippen molar-refractivity contribution in [1.29, 1.82) is 0 Å². The Hall–Kier alpha value is -4.00. The molecule has 0 spiro atoms. The Bertz CT molecular complexity index is 1260. The van der Waals surface area contributed by atoms with Crippen LogP contribution in [-0.4, -0.2) is 25.4 Å². The first kappa shape index (κ1) is 21.2. The molecule has 0 radical (unpaired) electrons. The molecule has 162 valence electrons. The maximum absolute atomic E-state index is 12.3. The molecule has 2 aromatic carbocycles. The van der Waals surface area contributed by atoms with Crippen molar-refractivity contribution in [3.8, 4) is 17.4 Å². The zero-order chi connectivity index (χ0) is 22.7. The van der Waals surface area contributed by atoms with Crippen molar-refractivity contribution in [3.05, 3.63) is 89.3 Å². The third kappa shape index (κ3) is 5.00. The lowest BCUT2D eigenvalue weighted by Crippen LogP contribution is -2.14. The van der Waals surface area contributed by atoms with Gasteiger partial charge in [-0.2, -0.15) is 4.98 Å². The minimum atomic E-state index is -0.0636. The standard InChI is InChI=1S/C25H25N5O2/c1-16-6-5-7-20(12-16)13-24(31)29-21-8-10-22(11-9-21)32-25-14-23(27-19(4)28-25)30-15-26-17(2)18(30)3/h5-12,14-15H,13H2,1-4H3,(H,29,31). The molecule has 0 atom stereocenters. The van der Waals surface area contributed by atoms with Crippen LogP contribution in [0.3, 0.4) is 0 Å². The normalized spacial score (nSPS) is 10.8. The largest absolute Gasteiger partial charge is 0.439 e. The van der Waals surface area contributed by atoms with Gasteiger partial charge in [0.25, 0.3) is 0 Å². The van der Waals surface area contributed by atoms with Crippen molar-refractivity contribution in [2.45, 2.75) is 34.1 Å². The van der Waals surface area contributed by atoms with Gasteiger partial charge in [0.15, 0.2) is 0 Å². The smallest absolute Gasteiger partial charge is 0.228 e. The highest BCUT2D eigenvalue weighted by Gasteiger charge is 2.10. The maximum Gasteiger partial charge on any atom is 0.228 e. The topological polar surface area (TPSA) is 81.9 Å². The second-order valence-corrected chi connectivity index (χ2v) is 7.74. The summed E-state index contributed by atoms with van der Waals surface area (Å²) >= 11 is 0. The van der Waals surface area contributed by atoms with Crippen molar-refractivity contribution in [2.75, 3.05) is 5.32 Å². The van der Waals surface area contributed by atoms with Crippen molar-refractivity contribution in [1.82, 2.24) is 19.5 Å². The third-order valence-corrected chi connectivity index (χ3v) is 5.11. The van der Waals surface area contributed by atoms with Crippen LogP contribution in [0.4, 0.5) is 5.69 Å². The lowest BCUT2D eigenvalue weighted by molar-refractivity contribution is -0.115. The van der Waals surface area contributed by atoms with Gasteiger partial charge in [0.1, 0.15) is 23.7 Å². The number of anilines is 1. The molecule has 4 aromatic rings. The van der Waals surface area contributed by atoms with E-state index in [4.69, 9.17) is 4.74 Å². The van der Waals surface area contributed by atoms with Crippen LogP contribution in [0, 0.1) is 27.7 Å². The van der Waals surface area contributed by atoms with E-state index in [2.05, 4.69) is 20.3 Å². The van der Waals surface area contributed by atoms with Crippen molar-refractivity contribution in [3.63, 3.8) is 0 Å². The van der Waals surface area contributed by atoms with Gasteiger partial charge in [-0.15, -0.1) is 0 Å². The molecule has 0 unspecified atom stereocenters. The van der Waals surface area contributed by atoms with Gasteiger partial charge in [-0.05, 0) is 57.5 Å². The number of aromatic nitrogens is 4. The number of carbonyl (C=O) groups excluding carboxylic acids is 1. The first-order valence-electron chi connectivity index (χ1n) is 10.4. The molecule has 2 aromatic heterocycles. The molecule has 0 saturated carbocycles. The predicted octanol–water partition coefficient (Wildman–Crippen LogP) is 4.87. The van der Waals surface area contributed by atoms with E-state index in [-0.39, 0.29) is 5.91 Å². The van der Waals surface area contributed by atoms with Gasteiger partial charge in [0, 0.05) is 17.4 Å². The Labute approximate surface area is 187 Å². The summed E-state index contributed by atoms with van der Waals surface area (Å²) < 4.78 is 7.85. The molecule has 2 heterocycles. The zero-order valence-corrected chi connectivity index (χ0v) is 18.6. The van der Waals surface area contributed by atoms with E-state index >= 15 is 0 Å². The highest BCUT2D eigenvalue weighted by Crippen LogP contribution is 2.24. The van der Waals surface area contributed by atoms with E-state index in [1.54, 1.807) is 24.5 Å². The van der Waals surface area contributed by atoms with Crippen LogP contribution in [0.15, 0.2) is 60.9 Å². The van der Waals surface area contributed by atoms with Crippen molar-refractivity contribution >= 4 is 11.6 Å². The molecule has 0 aliphatic carbocycles. The fourth-order valence-corrected chi connectivity index (χ4v) is 3.37. The summed E-state index contributed by atoms with van der Waals surface area (Å²) in [6.45, 7) is 7.78. The molecule has 1 amide bonds. The number of hydrogen-bond acceptors (Lipinski definition) is 5. The number of nitrogens with zero attached hydrogens (tertiary/aromatic N) is 4. The first-order valence-corrected chi connectivity index (χ1v) is 10.4. The summed E-state index contributed by atoms with van der Waals surface area (Å²) in [4.78, 5) is 25.5. The monoisotopic (exact) mass is 427 g/mol. The molecule has 4 rings (SSSR count). The lowest BCUT2D eigenvalue weighted by atomic mass is 10.1. The molecule has 1 N–H and O–H groups in total. The number of amides is 1. The molecule has 0 aliphatic heterocycles. The van der Waals surface area contributed by atoms with E-state index in [1.807, 2.05) is 68.7 Å². The highest BCUT2D eigenvalue weighted by molar-refractivity contribution is 5.92. The van der Waals surface area contributed by atoms with Crippen LogP contribution >= 0.6 is 0 Å². The summed E-state index contributed by atoms with van der Waals surface area (Å²) in [5, 5.41) is 2.92. The van der Waals surface area contributed by atoms with E-state index in [0.717, 1.165) is 22.5 Å². The molecule has 0 aliphatic rings. The van der Waals surface area contributed by atoms with Crippen LogP contribution in [-0.2, 0) is 11.2 Å². The Morgan fingerprint density at radius 1 is 1.00 bits per heavy atom. The first-order chi connectivity index (χ1) is 15.4. The average molecular weight is 428 g/mol. The number of benzene rings is 2. The lowest BCUT2D eigenvalue weighted by Gasteiger charge is -2.10. The molecule has 7 nitrogen and oxygen atoms in total. The fourth-order valence-electron chi connectivity index (χ4n) is 3.37. The Kier molecular flexibility index (Phi) is 5.98. The SMILES string of the molecule is Cc1cccc(CC(=O)Nc2ccc(Oc3cc(-n4cnc(C)c4C)nc(C)n3)cc2)c1. The Balaban J connectivity index is 1.43. The molecular weight excluding hydrogens is 402 g/mol. The van der Waals surface area contributed by atoms with Gasteiger partial charge in [0.05, 0.1) is 12.1 Å². The Morgan fingerprint density at radius 3 is 2.47 bits per heavy atom. The van der Waals surface area contributed by atoms with Gasteiger partial charge in [-0.1, -0.05) is 29.8 Å². The van der Waals surface area contributed by atoms with Gasteiger partial charge in [0.2, 0.25) is 11.8 Å². The minimum absolute atomic E-state index is 0.0636. The summed E-state index contributed by atoms with van der Waals surface area (Å²) in [5.41, 5.74) is 4.79. The number of nitrogens with one attached hydrogen (secondary N) is 1. The van der Waals surface area contributed by atoms with Crippen LogP contribution < -0.4 is 10.1 Å². The number of rotatable bonds is 6. The van der Waals surface area contributed by atoms with Crippen molar-refractivity contribution in [2.24, 2.45) is 0 Å². The van der Waals surface area contributed by atoms with Gasteiger partial charge in [-0.3, -0.25) is 9.36 Å². The molecule has 32 heavy (non-hydrogen) atoms. The summed E-state index contributed by atoms with van der Waals surface area (Å²) in [5.74, 6) is 2.29. The van der Waals surface area contributed by atoms with E-state index in [9.17, 15) is 4.79 Å². The van der Waals surface area contributed by atoms with E-state index < -0.39 is 0 Å². The molecule has 0 fully saturated rings. The number of carbonyl (C=O) groups is 1. The second kappa shape index (κ2) is 9.01. The number of ether oxygens (including phenoxy) is 1. The molecular formula is C25H25N5O2. The fraction of sp³-hybridized carbons (Fsp3) is 0.200. The molecule has 0 bridgehead atoms. The zero-order valence-electron chi connectivity index (χ0n) is 18.6. The number of imidazole rings is 1. The van der Waals surface area contributed by atoms with E-state index in [1.165, 1.54) is 0 Å². The van der Waals surface area contributed by atoms with Crippen LogP contribution in [0.2, 0.25) is 0 Å². The summed E-state index contributed by atoms with van der Waals surface area (Å²) in [7, 11) is 0. The molecule has 0 saturated heterocycles. The summed E-state index contributed by atoms with van der Waals surface area (Å²) in [6, 6.07) is 16.9. The average Bonchev–Trinajstić information content (AvgIpc) is 3.07. The van der Waals surface area contributed by atoms with Gasteiger partial charge >= 0.3 is 0 Å². The van der Waals surface area contributed by atoms with Gasteiger partial charge in [-0.25, -0.2) is 9.97 Å². The minimum Gasteiger partial charge on any atom is -0.439 e. The Morgan fingerprint density at radius 2 is 1.78 bits per heavy atom.